The third-order valence-corrected chi connectivity index (χ3v) is 4.87. The highest BCUT2D eigenvalue weighted by Gasteiger charge is 2.41. The van der Waals surface area contributed by atoms with Gasteiger partial charge in [0.15, 0.2) is 0 Å². The molecule has 0 aliphatic carbocycles. The van der Waals surface area contributed by atoms with Gasteiger partial charge in [-0.25, -0.2) is 4.98 Å². The van der Waals surface area contributed by atoms with Crippen LogP contribution >= 0.6 is 0 Å². The second-order valence-electron chi connectivity index (χ2n) is 7.10. The highest BCUT2D eigenvalue weighted by molar-refractivity contribution is 6.05. The van der Waals surface area contributed by atoms with E-state index in [9.17, 15) is 31.1 Å². The van der Waals surface area contributed by atoms with E-state index in [1.54, 1.807) is 13.1 Å². The van der Waals surface area contributed by atoms with Crippen molar-refractivity contribution in [2.24, 2.45) is 14.1 Å². The van der Waals surface area contributed by atoms with E-state index in [-0.39, 0.29) is 5.56 Å². The Morgan fingerprint density at radius 1 is 1.00 bits per heavy atom. The van der Waals surface area contributed by atoms with Crippen molar-refractivity contribution in [3.8, 4) is 11.3 Å². The van der Waals surface area contributed by atoms with Crippen LogP contribution in [0.3, 0.4) is 0 Å². The second-order valence-corrected chi connectivity index (χ2v) is 7.10. The van der Waals surface area contributed by atoms with Crippen LogP contribution < -0.4 is 5.32 Å². The molecular weight excluding hydrogens is 454 g/mol. The summed E-state index contributed by atoms with van der Waals surface area (Å²) >= 11 is 0. The number of pyridine rings is 1. The van der Waals surface area contributed by atoms with Crippen LogP contribution in [0.2, 0.25) is 0 Å². The van der Waals surface area contributed by atoms with E-state index in [0.717, 1.165) is 16.9 Å². The molecule has 0 unspecified atom stereocenters. The zero-order chi connectivity index (χ0) is 24.1. The van der Waals surface area contributed by atoms with Crippen molar-refractivity contribution in [2.45, 2.75) is 12.4 Å². The van der Waals surface area contributed by atoms with Gasteiger partial charge in [-0.2, -0.15) is 31.4 Å². The van der Waals surface area contributed by atoms with E-state index >= 15 is 0 Å². The van der Waals surface area contributed by atoms with Crippen molar-refractivity contribution in [1.29, 1.82) is 0 Å². The van der Waals surface area contributed by atoms with Gasteiger partial charge in [0.2, 0.25) is 0 Å². The molecule has 0 radical (unpaired) electrons. The van der Waals surface area contributed by atoms with E-state index in [1.165, 1.54) is 30.1 Å². The summed E-state index contributed by atoms with van der Waals surface area (Å²) in [5, 5.41) is 6.02. The smallest absolute Gasteiger partial charge is 0.333 e. The Bertz CT molecular complexity index is 1370. The number of carbonyl (C=O) groups excluding carboxylic acids is 1. The minimum atomic E-state index is -4.94. The third-order valence-electron chi connectivity index (χ3n) is 4.87. The molecule has 3 aromatic heterocycles. The zero-order valence-corrected chi connectivity index (χ0v) is 17.0. The number of aryl methyl sites for hydroxylation is 2. The summed E-state index contributed by atoms with van der Waals surface area (Å²) in [6.45, 7) is 0. The molecule has 172 valence electrons. The van der Waals surface area contributed by atoms with E-state index in [4.69, 9.17) is 0 Å². The topological polar surface area (TPSA) is 77.6 Å². The van der Waals surface area contributed by atoms with Crippen LogP contribution in [0.1, 0.15) is 21.6 Å². The molecule has 0 saturated heterocycles. The molecule has 4 aromatic rings. The van der Waals surface area contributed by atoms with Crippen molar-refractivity contribution < 1.29 is 31.1 Å². The van der Waals surface area contributed by atoms with E-state index in [2.05, 4.69) is 20.4 Å². The number of para-hydroxylation sites is 1. The van der Waals surface area contributed by atoms with Gasteiger partial charge in [-0.05, 0) is 18.2 Å². The Morgan fingerprint density at radius 3 is 2.39 bits per heavy atom. The summed E-state index contributed by atoms with van der Waals surface area (Å²) in [4.78, 5) is 19.8. The van der Waals surface area contributed by atoms with Crippen molar-refractivity contribution >= 4 is 22.8 Å². The summed E-state index contributed by atoms with van der Waals surface area (Å²) in [5.74, 6) is -1.89. The second kappa shape index (κ2) is 7.60. The standard InChI is InChI=1S/C20H14F6N6O/c1-31-9-28-12-5-3-4-11(16(12)31)15-14(20(24,25)26)17(32(2)30-15)29-18(33)10-6-7-27-13(8-10)19(21,22)23/h3-9H,1-2H3,(H,29,33). The number of aromatic nitrogens is 5. The number of nitrogens with one attached hydrogen (secondary N) is 1. The number of carbonyl (C=O) groups is 1. The molecule has 7 nitrogen and oxygen atoms in total. The number of alkyl halides is 6. The number of imidazole rings is 1. The number of nitrogens with zero attached hydrogens (tertiary/aromatic N) is 5. The maximum absolute atomic E-state index is 14.1. The third kappa shape index (κ3) is 4.01. The lowest BCUT2D eigenvalue weighted by atomic mass is 10.0. The molecule has 13 heteroatoms. The van der Waals surface area contributed by atoms with Crippen LogP contribution in [0.25, 0.3) is 22.3 Å². The lowest BCUT2D eigenvalue weighted by molar-refractivity contribution is -0.141. The van der Waals surface area contributed by atoms with Gasteiger partial charge >= 0.3 is 12.4 Å². The molecule has 1 N–H and O–H groups in total. The molecule has 1 aromatic carbocycles. The first-order valence-electron chi connectivity index (χ1n) is 9.27. The predicted molar refractivity (Wildman–Crippen MR) is 105 cm³/mol. The van der Waals surface area contributed by atoms with Gasteiger partial charge < -0.3 is 9.88 Å². The molecule has 0 atom stereocenters. The Morgan fingerprint density at radius 2 is 1.73 bits per heavy atom. The number of benzene rings is 1. The van der Waals surface area contributed by atoms with Crippen molar-refractivity contribution in [2.75, 3.05) is 5.32 Å². The average Bonchev–Trinajstić information content (AvgIpc) is 3.27. The quantitative estimate of drug-likeness (QED) is 0.444. The van der Waals surface area contributed by atoms with Crippen LogP contribution in [-0.2, 0) is 26.4 Å². The first-order chi connectivity index (χ1) is 15.4. The summed E-state index contributed by atoms with van der Waals surface area (Å²) < 4.78 is 83.4. The highest BCUT2D eigenvalue weighted by atomic mass is 19.4. The van der Waals surface area contributed by atoms with Crippen LogP contribution in [-0.4, -0.2) is 30.2 Å². The van der Waals surface area contributed by atoms with Gasteiger partial charge in [0.1, 0.15) is 22.8 Å². The molecule has 4 rings (SSSR count). The minimum absolute atomic E-state index is 0.124. The van der Waals surface area contributed by atoms with E-state index < -0.39 is 46.6 Å². The number of anilines is 1. The molecular formula is C20H14F6N6O. The number of rotatable bonds is 3. The molecule has 33 heavy (non-hydrogen) atoms. The largest absolute Gasteiger partial charge is 0.433 e. The number of hydrogen-bond acceptors (Lipinski definition) is 4. The fraction of sp³-hybridized carbons (Fsp3) is 0.200. The number of halogens is 6. The Kier molecular flexibility index (Phi) is 5.14. The molecule has 0 saturated carbocycles. The van der Waals surface area contributed by atoms with Crippen LogP contribution in [0.4, 0.5) is 32.2 Å². The van der Waals surface area contributed by atoms with Gasteiger partial charge in [-0.15, -0.1) is 0 Å². The monoisotopic (exact) mass is 468 g/mol. The van der Waals surface area contributed by atoms with Gasteiger partial charge in [-0.3, -0.25) is 14.5 Å². The Balaban J connectivity index is 1.83. The maximum atomic E-state index is 14.1. The molecule has 0 bridgehead atoms. The van der Waals surface area contributed by atoms with E-state index in [0.29, 0.717) is 17.1 Å². The van der Waals surface area contributed by atoms with Crippen molar-refractivity contribution in [3.05, 3.63) is 59.7 Å². The first-order valence-corrected chi connectivity index (χ1v) is 9.27. The fourth-order valence-electron chi connectivity index (χ4n) is 3.43. The fourth-order valence-corrected chi connectivity index (χ4v) is 3.43. The normalized spacial score (nSPS) is 12.4. The van der Waals surface area contributed by atoms with Gasteiger partial charge in [0, 0.05) is 31.4 Å². The Hall–Kier alpha value is -3.90. The average molecular weight is 468 g/mol. The molecule has 0 spiro atoms. The van der Waals surface area contributed by atoms with Crippen LogP contribution in [0.15, 0.2) is 42.9 Å². The van der Waals surface area contributed by atoms with Gasteiger partial charge in [-0.1, -0.05) is 12.1 Å². The van der Waals surface area contributed by atoms with Crippen LogP contribution in [0.5, 0.6) is 0 Å². The summed E-state index contributed by atoms with van der Waals surface area (Å²) in [7, 11) is 2.80. The molecule has 3 heterocycles. The van der Waals surface area contributed by atoms with Gasteiger partial charge in [0.25, 0.3) is 5.91 Å². The highest BCUT2D eigenvalue weighted by Crippen LogP contribution is 2.43. The molecule has 0 fully saturated rings. The van der Waals surface area contributed by atoms with E-state index in [1.807, 2.05) is 0 Å². The molecule has 1 amide bonds. The zero-order valence-electron chi connectivity index (χ0n) is 17.0. The molecule has 0 aliphatic rings. The lowest BCUT2D eigenvalue weighted by Crippen LogP contribution is -2.19. The summed E-state index contributed by atoms with van der Waals surface area (Å²) in [6, 6.07) is 6.00. The lowest BCUT2D eigenvalue weighted by Gasteiger charge is -2.13. The van der Waals surface area contributed by atoms with Crippen molar-refractivity contribution in [3.63, 3.8) is 0 Å². The predicted octanol–water partition coefficient (Wildman–Crippen LogP) is 4.66. The van der Waals surface area contributed by atoms with Crippen molar-refractivity contribution in [1.82, 2.24) is 24.3 Å². The first kappa shape index (κ1) is 22.3. The SMILES string of the molecule is Cn1nc(-c2cccc3ncn(C)c23)c(C(F)(F)F)c1NC(=O)c1ccnc(C(F)(F)F)c1. The molecule has 0 aliphatic heterocycles. The summed E-state index contributed by atoms with van der Waals surface area (Å²) in [6.07, 6.45) is -7.58. The minimum Gasteiger partial charge on any atom is -0.333 e. The Labute approximate surface area is 181 Å². The maximum Gasteiger partial charge on any atom is 0.433 e. The number of amides is 1. The summed E-state index contributed by atoms with van der Waals surface area (Å²) in [5.41, 5.74) is -2.60. The number of hydrogen-bond donors (Lipinski definition) is 1. The number of fused-ring (bicyclic) bond motifs is 1. The van der Waals surface area contributed by atoms with Gasteiger partial charge in [0.05, 0.1) is 17.4 Å². The van der Waals surface area contributed by atoms with Crippen LogP contribution in [0, 0.1) is 0 Å².